The lowest BCUT2D eigenvalue weighted by Crippen LogP contribution is -2.35. The molecule has 0 unspecified atom stereocenters. The summed E-state index contributed by atoms with van der Waals surface area (Å²) in [7, 11) is 0. The number of hydrogen-bond acceptors (Lipinski definition) is 7. The molecule has 0 bridgehead atoms. The number of nitrogens with two attached hydrogens (primary N) is 1. The van der Waals surface area contributed by atoms with Gasteiger partial charge in [-0.2, -0.15) is 41.3 Å². The first-order chi connectivity index (χ1) is 13.2. The molecule has 0 saturated carbocycles. The second-order valence-corrected chi connectivity index (χ2v) is 6.18. The number of nitrogens with one attached hydrogen (secondary N) is 2. The first-order valence-corrected chi connectivity index (χ1v) is 8.10. The third-order valence-corrected chi connectivity index (χ3v) is 3.78. The second-order valence-electron chi connectivity index (χ2n) is 5.82. The van der Waals surface area contributed by atoms with E-state index in [1.54, 1.807) is 0 Å². The molecule has 2 rings (SSSR count). The maximum Gasteiger partial charge on any atom is 0.408 e. The lowest BCUT2D eigenvalue weighted by atomic mass is 10.3. The van der Waals surface area contributed by atoms with Crippen LogP contribution in [0.15, 0.2) is 6.07 Å². The van der Waals surface area contributed by atoms with Crippen molar-refractivity contribution in [3.05, 3.63) is 17.0 Å². The summed E-state index contributed by atoms with van der Waals surface area (Å²) in [5, 5.41) is 3.38. The van der Waals surface area contributed by atoms with Gasteiger partial charge in [0.2, 0.25) is 11.9 Å². The smallest absolute Gasteiger partial charge is 0.396 e. The van der Waals surface area contributed by atoms with E-state index in [0.29, 0.717) is 0 Å². The van der Waals surface area contributed by atoms with Crippen LogP contribution in [0.4, 0.5) is 48.3 Å². The monoisotopic (exact) mass is 447 g/mol. The Morgan fingerprint density at radius 1 is 0.897 bits per heavy atom. The summed E-state index contributed by atoms with van der Waals surface area (Å²) in [5.41, 5.74) is 4.51. The molecule has 15 heteroatoms. The molecule has 0 saturated heterocycles. The number of aromatic nitrogens is 4. The van der Waals surface area contributed by atoms with Crippen molar-refractivity contribution < 1.29 is 30.7 Å². The van der Waals surface area contributed by atoms with Crippen molar-refractivity contribution in [1.82, 2.24) is 19.9 Å². The van der Waals surface area contributed by atoms with Crippen molar-refractivity contribution in [3.63, 3.8) is 0 Å². The van der Waals surface area contributed by atoms with Crippen LogP contribution in [0.3, 0.4) is 0 Å². The lowest BCUT2D eigenvalue weighted by Gasteiger charge is -2.20. The first-order valence-electron chi connectivity index (χ1n) is 7.73. The minimum Gasteiger partial charge on any atom is -0.396 e. The Morgan fingerprint density at radius 3 is 1.76 bits per heavy atom. The molecule has 2 aromatic heterocycles. The van der Waals surface area contributed by atoms with Crippen molar-refractivity contribution in [2.24, 2.45) is 0 Å². The van der Waals surface area contributed by atoms with Crippen LogP contribution >= 0.6 is 11.6 Å². The Kier molecular flexibility index (Phi) is 6.25. The molecule has 160 valence electrons. The summed E-state index contributed by atoms with van der Waals surface area (Å²) < 4.78 is 90.9. The Hall–Kier alpha value is -2.64. The quantitative estimate of drug-likeness (QED) is 0.470. The van der Waals surface area contributed by atoms with Crippen molar-refractivity contribution in [3.8, 4) is 11.5 Å². The second kappa shape index (κ2) is 8.00. The van der Waals surface area contributed by atoms with E-state index in [4.69, 9.17) is 17.3 Å². The Balaban J connectivity index is 2.54. The van der Waals surface area contributed by atoms with Gasteiger partial charge >= 0.3 is 12.4 Å². The van der Waals surface area contributed by atoms with Gasteiger partial charge in [-0.25, -0.2) is 9.37 Å². The lowest BCUT2D eigenvalue weighted by molar-refractivity contribution is -0.139. The molecule has 0 radical (unpaired) electrons. The molecular formula is C14H13ClF7N7. The Morgan fingerprint density at radius 2 is 1.34 bits per heavy atom. The largest absolute Gasteiger partial charge is 0.408 e. The van der Waals surface area contributed by atoms with E-state index in [9.17, 15) is 30.7 Å². The third-order valence-electron chi connectivity index (χ3n) is 3.48. The predicted octanol–water partition coefficient (Wildman–Crippen LogP) is 4.03. The average Bonchev–Trinajstić information content (AvgIpc) is 2.56. The molecule has 2 heterocycles. The summed E-state index contributed by atoms with van der Waals surface area (Å²) in [6.45, 7) is 1.46. The van der Waals surface area contributed by atoms with Crippen LogP contribution < -0.4 is 16.4 Å². The highest BCUT2D eigenvalue weighted by Crippen LogP contribution is 2.28. The summed E-state index contributed by atoms with van der Waals surface area (Å²) in [4.78, 5) is 14.3. The first kappa shape index (κ1) is 22.6. The summed E-state index contributed by atoms with van der Waals surface area (Å²) in [6, 6.07) is -3.58. The molecular weight excluding hydrogens is 435 g/mol. The minimum atomic E-state index is -4.71. The van der Waals surface area contributed by atoms with E-state index < -0.39 is 53.7 Å². The molecule has 29 heavy (non-hydrogen) atoms. The number of nitrogen functional groups attached to an aromatic ring is 1. The highest BCUT2D eigenvalue weighted by Gasteiger charge is 2.38. The molecule has 7 nitrogen and oxygen atoms in total. The van der Waals surface area contributed by atoms with Crippen LogP contribution in [0.1, 0.15) is 13.8 Å². The SMILES string of the molecule is C[C@@H](Nc1nc(N[C@H](C)C(F)(F)F)nc(-c2nc(Cl)c(N)cc2F)n1)C(F)(F)F. The van der Waals surface area contributed by atoms with Gasteiger partial charge in [0.15, 0.2) is 16.8 Å². The van der Waals surface area contributed by atoms with Gasteiger partial charge in [-0.1, -0.05) is 11.6 Å². The van der Waals surface area contributed by atoms with Gasteiger partial charge in [0.05, 0.1) is 5.69 Å². The summed E-state index contributed by atoms with van der Waals surface area (Å²) in [6.07, 6.45) is -9.43. The standard InChI is InChI=1S/C14H13ClF7N7/c1-4(13(17,18)19)24-11-27-10(8-6(16)3-7(23)9(15)26-8)28-12(29-11)25-5(2)14(20,21)22/h3-5H,23H2,1-2H3,(H2,24,25,27,28,29)/t4-,5-/m1/s1. The maximum atomic E-state index is 14.2. The number of hydrogen-bond donors (Lipinski definition) is 3. The number of rotatable bonds is 5. The van der Waals surface area contributed by atoms with Crippen molar-refractivity contribution >= 4 is 29.2 Å². The molecule has 0 aliphatic heterocycles. The Bertz CT molecular complexity index is 848. The number of anilines is 3. The van der Waals surface area contributed by atoms with E-state index in [1.165, 1.54) is 0 Å². The van der Waals surface area contributed by atoms with Crippen LogP contribution in [-0.4, -0.2) is 44.4 Å². The maximum absolute atomic E-state index is 14.2. The summed E-state index contributed by atoms with van der Waals surface area (Å²) >= 11 is 5.70. The molecule has 2 aromatic rings. The van der Waals surface area contributed by atoms with Gasteiger partial charge in [0.25, 0.3) is 0 Å². The van der Waals surface area contributed by atoms with E-state index in [0.717, 1.165) is 19.9 Å². The number of pyridine rings is 1. The zero-order chi connectivity index (χ0) is 22.1. The Labute approximate surface area is 163 Å². The molecule has 0 aliphatic rings. The topological polar surface area (TPSA) is 102 Å². The van der Waals surface area contributed by atoms with Crippen molar-refractivity contribution in [2.45, 2.75) is 38.3 Å². The normalized spacial score (nSPS) is 14.4. The zero-order valence-electron chi connectivity index (χ0n) is 14.6. The predicted molar refractivity (Wildman–Crippen MR) is 90.7 cm³/mol. The molecule has 0 spiro atoms. The third kappa shape index (κ3) is 5.68. The van der Waals surface area contributed by atoms with Crippen LogP contribution in [0, 0.1) is 5.82 Å². The fraction of sp³-hybridized carbons (Fsp3) is 0.429. The van der Waals surface area contributed by atoms with Gasteiger partial charge in [-0.3, -0.25) is 0 Å². The molecule has 2 atom stereocenters. The molecule has 0 aliphatic carbocycles. The number of alkyl halides is 6. The van der Waals surface area contributed by atoms with Crippen LogP contribution in [-0.2, 0) is 0 Å². The van der Waals surface area contributed by atoms with Gasteiger partial charge in [-0.05, 0) is 13.8 Å². The van der Waals surface area contributed by atoms with Crippen molar-refractivity contribution in [1.29, 1.82) is 0 Å². The van der Waals surface area contributed by atoms with Gasteiger partial charge in [0.1, 0.15) is 17.8 Å². The fourth-order valence-electron chi connectivity index (χ4n) is 1.80. The number of halogens is 8. The van der Waals surface area contributed by atoms with E-state index >= 15 is 0 Å². The number of nitrogens with zero attached hydrogens (tertiary/aromatic N) is 4. The molecule has 0 fully saturated rings. The van der Waals surface area contributed by atoms with Gasteiger partial charge in [0, 0.05) is 6.07 Å². The van der Waals surface area contributed by atoms with E-state index in [-0.39, 0.29) is 10.8 Å². The molecule has 4 N–H and O–H groups in total. The average molecular weight is 448 g/mol. The fourth-order valence-corrected chi connectivity index (χ4v) is 1.94. The highest BCUT2D eigenvalue weighted by atomic mass is 35.5. The zero-order valence-corrected chi connectivity index (χ0v) is 15.4. The van der Waals surface area contributed by atoms with Gasteiger partial charge < -0.3 is 16.4 Å². The van der Waals surface area contributed by atoms with Crippen LogP contribution in [0.5, 0.6) is 0 Å². The highest BCUT2D eigenvalue weighted by molar-refractivity contribution is 6.31. The minimum absolute atomic E-state index is 0.241. The van der Waals surface area contributed by atoms with E-state index in [1.807, 2.05) is 10.6 Å². The summed E-state index contributed by atoms with van der Waals surface area (Å²) in [5.74, 6) is -3.27. The van der Waals surface area contributed by atoms with Crippen LogP contribution in [0.25, 0.3) is 11.5 Å². The van der Waals surface area contributed by atoms with E-state index in [2.05, 4.69) is 19.9 Å². The molecule has 0 amide bonds. The van der Waals surface area contributed by atoms with Crippen LogP contribution in [0.2, 0.25) is 5.15 Å². The molecule has 0 aromatic carbocycles. The van der Waals surface area contributed by atoms with Crippen molar-refractivity contribution in [2.75, 3.05) is 16.4 Å². The van der Waals surface area contributed by atoms with Gasteiger partial charge in [-0.15, -0.1) is 0 Å².